The van der Waals surface area contributed by atoms with Crippen molar-refractivity contribution in [3.05, 3.63) is 58.9 Å². The first-order chi connectivity index (χ1) is 10.6. The molecule has 0 fully saturated rings. The van der Waals surface area contributed by atoms with Gasteiger partial charge in [-0.2, -0.15) is 0 Å². The number of benzene rings is 1. The SMILES string of the molecule is CN(C(=O)c1ccc[nH]1)C1CCCc2cc(C(=O)O)ccc21. The van der Waals surface area contributed by atoms with Crippen molar-refractivity contribution in [3.8, 4) is 0 Å². The number of fused-ring (bicyclic) bond motifs is 1. The number of aryl methyl sites for hydroxylation is 1. The van der Waals surface area contributed by atoms with Gasteiger partial charge in [0.05, 0.1) is 11.6 Å². The normalized spacial score (nSPS) is 16.9. The van der Waals surface area contributed by atoms with Crippen LogP contribution in [0.15, 0.2) is 36.5 Å². The lowest BCUT2D eigenvalue weighted by atomic mass is 9.85. The first-order valence-electron chi connectivity index (χ1n) is 7.34. The molecule has 1 aliphatic carbocycles. The van der Waals surface area contributed by atoms with Crippen LogP contribution in [0.3, 0.4) is 0 Å². The van der Waals surface area contributed by atoms with Crippen molar-refractivity contribution >= 4 is 11.9 Å². The number of carbonyl (C=O) groups is 2. The van der Waals surface area contributed by atoms with Gasteiger partial charge in [0, 0.05) is 13.2 Å². The van der Waals surface area contributed by atoms with Crippen LogP contribution in [0.2, 0.25) is 0 Å². The van der Waals surface area contributed by atoms with E-state index in [4.69, 9.17) is 5.11 Å². The average molecular weight is 298 g/mol. The van der Waals surface area contributed by atoms with Gasteiger partial charge in [0.15, 0.2) is 0 Å². The molecular formula is C17H18N2O3. The number of rotatable bonds is 3. The molecule has 0 radical (unpaired) electrons. The molecule has 1 heterocycles. The average Bonchev–Trinajstić information content (AvgIpc) is 3.06. The molecule has 0 aliphatic heterocycles. The summed E-state index contributed by atoms with van der Waals surface area (Å²) >= 11 is 0. The maximum absolute atomic E-state index is 12.5. The van der Waals surface area contributed by atoms with Crippen LogP contribution in [0.1, 0.15) is 50.9 Å². The van der Waals surface area contributed by atoms with Gasteiger partial charge in [-0.3, -0.25) is 4.79 Å². The van der Waals surface area contributed by atoms with E-state index in [9.17, 15) is 9.59 Å². The third-order valence-electron chi connectivity index (χ3n) is 4.29. The molecule has 1 atom stereocenters. The van der Waals surface area contributed by atoms with Crippen LogP contribution < -0.4 is 0 Å². The number of amides is 1. The van der Waals surface area contributed by atoms with Crippen molar-refractivity contribution in [1.82, 2.24) is 9.88 Å². The van der Waals surface area contributed by atoms with Gasteiger partial charge in [-0.1, -0.05) is 6.07 Å². The molecular weight excluding hydrogens is 280 g/mol. The Kier molecular flexibility index (Phi) is 3.71. The zero-order chi connectivity index (χ0) is 15.7. The van der Waals surface area contributed by atoms with Crippen LogP contribution in [-0.4, -0.2) is 33.9 Å². The lowest BCUT2D eigenvalue weighted by molar-refractivity contribution is 0.0688. The number of nitrogens with one attached hydrogen (secondary N) is 1. The molecule has 22 heavy (non-hydrogen) atoms. The van der Waals surface area contributed by atoms with E-state index in [1.165, 1.54) is 0 Å². The lowest BCUT2D eigenvalue weighted by Gasteiger charge is -2.33. The number of carbonyl (C=O) groups excluding carboxylic acids is 1. The fourth-order valence-corrected chi connectivity index (χ4v) is 3.12. The third kappa shape index (κ3) is 2.50. The Morgan fingerprint density at radius 2 is 2.14 bits per heavy atom. The first-order valence-corrected chi connectivity index (χ1v) is 7.34. The van der Waals surface area contributed by atoms with Gasteiger partial charge in [0.1, 0.15) is 5.69 Å². The highest BCUT2D eigenvalue weighted by atomic mass is 16.4. The first kappa shape index (κ1) is 14.4. The fraction of sp³-hybridized carbons (Fsp3) is 0.294. The molecule has 0 saturated carbocycles. The standard InChI is InChI=1S/C17H18N2O3/c1-19(16(20)14-5-3-9-18-14)15-6-2-4-11-10-12(17(21)22)7-8-13(11)15/h3,5,7-10,15,18H,2,4,6H2,1H3,(H,21,22). The summed E-state index contributed by atoms with van der Waals surface area (Å²) in [4.78, 5) is 28.3. The minimum absolute atomic E-state index is 0.0117. The molecule has 0 bridgehead atoms. The number of H-pyrrole nitrogens is 1. The molecule has 1 unspecified atom stereocenters. The minimum Gasteiger partial charge on any atom is -0.478 e. The number of nitrogens with zero attached hydrogens (tertiary/aromatic N) is 1. The lowest BCUT2D eigenvalue weighted by Crippen LogP contribution is -2.33. The second-order valence-corrected chi connectivity index (χ2v) is 5.63. The Bertz CT molecular complexity index is 707. The summed E-state index contributed by atoms with van der Waals surface area (Å²) in [6.45, 7) is 0. The summed E-state index contributed by atoms with van der Waals surface area (Å²) in [5.41, 5.74) is 2.95. The highest BCUT2D eigenvalue weighted by molar-refractivity contribution is 5.92. The van der Waals surface area contributed by atoms with Gasteiger partial charge in [0.25, 0.3) is 5.91 Å². The molecule has 1 aromatic carbocycles. The number of aromatic amines is 1. The molecule has 2 aromatic rings. The maximum Gasteiger partial charge on any atom is 0.335 e. The van der Waals surface area contributed by atoms with Gasteiger partial charge in [-0.25, -0.2) is 4.79 Å². The second kappa shape index (κ2) is 5.67. The van der Waals surface area contributed by atoms with Crippen molar-refractivity contribution in [2.24, 2.45) is 0 Å². The minimum atomic E-state index is -0.916. The van der Waals surface area contributed by atoms with Gasteiger partial charge in [0.2, 0.25) is 0 Å². The fourth-order valence-electron chi connectivity index (χ4n) is 3.12. The van der Waals surface area contributed by atoms with Crippen LogP contribution in [0.4, 0.5) is 0 Å². The molecule has 114 valence electrons. The van der Waals surface area contributed by atoms with Crippen LogP contribution in [0.25, 0.3) is 0 Å². The number of carboxylic acids is 1. The maximum atomic E-state index is 12.5. The van der Waals surface area contributed by atoms with E-state index in [1.807, 2.05) is 6.07 Å². The second-order valence-electron chi connectivity index (χ2n) is 5.63. The van der Waals surface area contributed by atoms with Crippen molar-refractivity contribution < 1.29 is 14.7 Å². The molecule has 0 saturated heterocycles. The molecule has 1 amide bonds. The predicted octanol–water partition coefficient (Wildman–Crippen LogP) is 2.86. The number of aromatic carboxylic acids is 1. The molecule has 1 aromatic heterocycles. The Morgan fingerprint density at radius 1 is 1.32 bits per heavy atom. The highest BCUT2D eigenvalue weighted by Crippen LogP contribution is 2.34. The third-order valence-corrected chi connectivity index (χ3v) is 4.29. The summed E-state index contributed by atoms with van der Waals surface area (Å²) < 4.78 is 0. The summed E-state index contributed by atoms with van der Waals surface area (Å²) in [7, 11) is 1.80. The van der Waals surface area contributed by atoms with E-state index in [0.717, 1.165) is 30.4 Å². The number of hydrogen-bond acceptors (Lipinski definition) is 2. The Morgan fingerprint density at radius 3 is 2.82 bits per heavy atom. The number of carboxylic acid groups (broad SMARTS) is 1. The largest absolute Gasteiger partial charge is 0.478 e. The van der Waals surface area contributed by atoms with E-state index in [0.29, 0.717) is 11.3 Å². The number of aromatic nitrogens is 1. The van der Waals surface area contributed by atoms with E-state index in [-0.39, 0.29) is 11.9 Å². The Balaban J connectivity index is 1.91. The van der Waals surface area contributed by atoms with Crippen molar-refractivity contribution in [2.45, 2.75) is 25.3 Å². The topological polar surface area (TPSA) is 73.4 Å². The van der Waals surface area contributed by atoms with Crippen LogP contribution in [-0.2, 0) is 6.42 Å². The van der Waals surface area contributed by atoms with E-state index >= 15 is 0 Å². The smallest absolute Gasteiger partial charge is 0.335 e. The molecule has 5 heteroatoms. The van der Waals surface area contributed by atoms with Crippen molar-refractivity contribution in [3.63, 3.8) is 0 Å². The van der Waals surface area contributed by atoms with Gasteiger partial charge >= 0.3 is 5.97 Å². The van der Waals surface area contributed by atoms with Crippen molar-refractivity contribution in [1.29, 1.82) is 0 Å². The summed E-state index contributed by atoms with van der Waals surface area (Å²) in [5, 5.41) is 9.11. The monoisotopic (exact) mass is 298 g/mol. The van der Waals surface area contributed by atoms with Crippen LogP contribution in [0.5, 0.6) is 0 Å². The van der Waals surface area contributed by atoms with E-state index < -0.39 is 5.97 Å². The molecule has 5 nitrogen and oxygen atoms in total. The molecule has 3 rings (SSSR count). The van der Waals surface area contributed by atoms with Gasteiger partial charge < -0.3 is 15.0 Å². The molecule has 2 N–H and O–H groups in total. The zero-order valence-electron chi connectivity index (χ0n) is 12.4. The van der Waals surface area contributed by atoms with E-state index in [2.05, 4.69) is 4.98 Å². The van der Waals surface area contributed by atoms with Gasteiger partial charge in [-0.15, -0.1) is 0 Å². The Hall–Kier alpha value is -2.56. The Labute approximate surface area is 128 Å². The summed E-state index contributed by atoms with van der Waals surface area (Å²) in [6, 6.07) is 8.75. The zero-order valence-corrected chi connectivity index (χ0v) is 12.4. The van der Waals surface area contributed by atoms with Gasteiger partial charge in [-0.05, 0) is 54.7 Å². The highest BCUT2D eigenvalue weighted by Gasteiger charge is 2.28. The van der Waals surface area contributed by atoms with Crippen molar-refractivity contribution in [2.75, 3.05) is 7.05 Å². The quantitative estimate of drug-likeness (QED) is 0.915. The van der Waals surface area contributed by atoms with Crippen LogP contribution >= 0.6 is 0 Å². The molecule has 0 spiro atoms. The van der Waals surface area contributed by atoms with E-state index in [1.54, 1.807) is 42.4 Å². The molecule has 1 aliphatic rings. The number of hydrogen-bond donors (Lipinski definition) is 2. The summed E-state index contributed by atoms with van der Waals surface area (Å²) in [5.74, 6) is -0.967. The predicted molar refractivity (Wildman–Crippen MR) is 82.0 cm³/mol. The summed E-state index contributed by atoms with van der Waals surface area (Å²) in [6.07, 6.45) is 4.43. The van der Waals surface area contributed by atoms with Crippen LogP contribution in [0, 0.1) is 0 Å².